The summed E-state index contributed by atoms with van der Waals surface area (Å²) in [5.74, 6) is 0. The van der Waals surface area contributed by atoms with E-state index in [0.717, 1.165) is 13.0 Å². The van der Waals surface area contributed by atoms with Gasteiger partial charge in [0.05, 0.1) is 5.73 Å². The van der Waals surface area contributed by atoms with Gasteiger partial charge in [0.15, 0.2) is 6.29 Å². The molecule has 2 unspecified atom stereocenters. The molecule has 0 saturated carbocycles. The van der Waals surface area contributed by atoms with Crippen LogP contribution in [-0.2, 0) is 9.16 Å². The SMILES string of the molecule is CCO[Si](C)(C)C(CC)OC(O)CC. The van der Waals surface area contributed by atoms with Crippen LogP contribution in [0.15, 0.2) is 0 Å². The summed E-state index contributed by atoms with van der Waals surface area (Å²) in [6.07, 6.45) is 0.885. The van der Waals surface area contributed by atoms with Crippen molar-refractivity contribution >= 4 is 8.32 Å². The topological polar surface area (TPSA) is 38.7 Å². The van der Waals surface area contributed by atoms with E-state index >= 15 is 0 Å². The Morgan fingerprint density at radius 1 is 1.14 bits per heavy atom. The Morgan fingerprint density at radius 3 is 2.07 bits per heavy atom. The lowest BCUT2D eigenvalue weighted by Crippen LogP contribution is -2.47. The maximum Gasteiger partial charge on any atom is 0.215 e. The third kappa shape index (κ3) is 4.55. The van der Waals surface area contributed by atoms with E-state index < -0.39 is 14.6 Å². The molecule has 0 rings (SSSR count). The van der Waals surface area contributed by atoms with Gasteiger partial charge in [-0.25, -0.2) is 0 Å². The summed E-state index contributed by atoms with van der Waals surface area (Å²) in [6, 6.07) is 0. The minimum Gasteiger partial charge on any atom is -0.415 e. The molecule has 14 heavy (non-hydrogen) atoms. The molecule has 86 valence electrons. The summed E-state index contributed by atoms with van der Waals surface area (Å²) >= 11 is 0. The fraction of sp³-hybridized carbons (Fsp3) is 1.00. The summed E-state index contributed by atoms with van der Waals surface area (Å²) in [6.45, 7) is 11.0. The van der Waals surface area contributed by atoms with E-state index in [2.05, 4.69) is 20.0 Å². The van der Waals surface area contributed by atoms with Crippen LogP contribution in [0.5, 0.6) is 0 Å². The lowest BCUT2D eigenvalue weighted by molar-refractivity contribution is -0.120. The average Bonchev–Trinajstić information content (AvgIpc) is 2.13. The van der Waals surface area contributed by atoms with Gasteiger partial charge in [0, 0.05) is 6.61 Å². The molecule has 1 N–H and O–H groups in total. The van der Waals surface area contributed by atoms with Gasteiger partial charge in [0.1, 0.15) is 0 Å². The predicted octanol–water partition coefficient (Wildman–Crippen LogP) is 2.29. The molecule has 4 heteroatoms. The van der Waals surface area contributed by atoms with Crippen molar-refractivity contribution in [2.45, 2.75) is 58.7 Å². The second-order valence-electron chi connectivity index (χ2n) is 3.93. The molecule has 0 aliphatic heterocycles. The largest absolute Gasteiger partial charge is 0.415 e. The molecule has 0 aliphatic carbocycles. The zero-order valence-corrected chi connectivity index (χ0v) is 11.0. The first-order valence-electron chi connectivity index (χ1n) is 5.45. The van der Waals surface area contributed by atoms with Gasteiger partial charge >= 0.3 is 0 Å². The Hall–Kier alpha value is 0.0969. The van der Waals surface area contributed by atoms with E-state index in [4.69, 9.17) is 9.16 Å². The van der Waals surface area contributed by atoms with Gasteiger partial charge in [-0.1, -0.05) is 13.8 Å². The van der Waals surface area contributed by atoms with Crippen molar-refractivity contribution < 1.29 is 14.3 Å². The van der Waals surface area contributed by atoms with Crippen LogP contribution in [0, 0.1) is 0 Å². The highest BCUT2D eigenvalue weighted by Gasteiger charge is 2.34. The van der Waals surface area contributed by atoms with Crippen LogP contribution in [0.1, 0.15) is 33.6 Å². The third-order valence-electron chi connectivity index (χ3n) is 2.33. The number of ether oxygens (including phenoxy) is 1. The Morgan fingerprint density at radius 2 is 1.71 bits per heavy atom. The molecular weight excluding hydrogens is 196 g/mol. The van der Waals surface area contributed by atoms with Crippen LogP contribution in [0.2, 0.25) is 13.1 Å². The zero-order valence-electron chi connectivity index (χ0n) is 10.0. The average molecular weight is 220 g/mol. The molecule has 3 nitrogen and oxygen atoms in total. The van der Waals surface area contributed by atoms with Gasteiger partial charge in [-0.3, -0.25) is 0 Å². The number of hydrogen-bond acceptors (Lipinski definition) is 3. The van der Waals surface area contributed by atoms with E-state index in [1.807, 2.05) is 13.8 Å². The first-order valence-corrected chi connectivity index (χ1v) is 8.43. The van der Waals surface area contributed by atoms with Crippen LogP contribution in [0.4, 0.5) is 0 Å². The second kappa shape index (κ2) is 6.56. The molecule has 0 amide bonds. The highest BCUT2D eigenvalue weighted by Crippen LogP contribution is 2.18. The summed E-state index contributed by atoms with van der Waals surface area (Å²) in [5, 5.41) is 9.44. The maximum atomic E-state index is 9.44. The molecule has 0 aromatic heterocycles. The molecule has 0 heterocycles. The first-order chi connectivity index (χ1) is 6.47. The van der Waals surface area contributed by atoms with Crippen molar-refractivity contribution in [2.24, 2.45) is 0 Å². The van der Waals surface area contributed by atoms with E-state index in [0.29, 0.717) is 6.42 Å². The molecule has 0 fully saturated rings. The van der Waals surface area contributed by atoms with Gasteiger partial charge in [0.25, 0.3) is 0 Å². The summed E-state index contributed by atoms with van der Waals surface area (Å²) in [5.41, 5.74) is 0.0809. The van der Waals surface area contributed by atoms with Crippen molar-refractivity contribution in [3.05, 3.63) is 0 Å². The quantitative estimate of drug-likeness (QED) is 0.528. The Labute approximate surface area is 88.5 Å². The van der Waals surface area contributed by atoms with Gasteiger partial charge in [0.2, 0.25) is 8.32 Å². The standard InChI is InChI=1S/C10H24O3Si/c1-6-9(11)13-10(7-2)14(4,5)12-8-3/h9-11H,6-8H2,1-5H3. The number of hydrogen-bond donors (Lipinski definition) is 1. The van der Waals surface area contributed by atoms with Crippen molar-refractivity contribution in [3.8, 4) is 0 Å². The van der Waals surface area contributed by atoms with E-state index in [1.165, 1.54) is 0 Å². The lowest BCUT2D eigenvalue weighted by atomic mass is 10.4. The van der Waals surface area contributed by atoms with Gasteiger partial charge in [-0.15, -0.1) is 0 Å². The normalized spacial score (nSPS) is 16.7. The van der Waals surface area contributed by atoms with Gasteiger partial charge in [-0.05, 0) is 32.9 Å². The van der Waals surface area contributed by atoms with E-state index in [-0.39, 0.29) is 5.73 Å². The van der Waals surface area contributed by atoms with Gasteiger partial charge < -0.3 is 14.3 Å². The van der Waals surface area contributed by atoms with Gasteiger partial charge in [-0.2, -0.15) is 0 Å². The van der Waals surface area contributed by atoms with Crippen LogP contribution in [0.3, 0.4) is 0 Å². The Kier molecular flexibility index (Phi) is 6.60. The second-order valence-corrected chi connectivity index (χ2v) is 8.07. The molecular formula is C10H24O3Si. The number of aliphatic hydroxyl groups excluding tert-OH is 1. The van der Waals surface area contributed by atoms with E-state index in [1.54, 1.807) is 0 Å². The van der Waals surface area contributed by atoms with Crippen LogP contribution in [0.25, 0.3) is 0 Å². The maximum absolute atomic E-state index is 9.44. The molecule has 0 saturated heterocycles. The minimum atomic E-state index is -1.79. The predicted molar refractivity (Wildman–Crippen MR) is 60.6 cm³/mol. The van der Waals surface area contributed by atoms with Crippen molar-refractivity contribution in [1.29, 1.82) is 0 Å². The molecule has 2 atom stereocenters. The summed E-state index contributed by atoms with van der Waals surface area (Å²) in [4.78, 5) is 0. The van der Waals surface area contributed by atoms with Crippen molar-refractivity contribution in [2.75, 3.05) is 6.61 Å². The fourth-order valence-corrected chi connectivity index (χ4v) is 3.90. The molecule has 0 aromatic carbocycles. The van der Waals surface area contributed by atoms with Crippen molar-refractivity contribution in [3.63, 3.8) is 0 Å². The van der Waals surface area contributed by atoms with Crippen LogP contribution < -0.4 is 0 Å². The molecule has 0 spiro atoms. The molecule has 0 aromatic rings. The highest BCUT2D eigenvalue weighted by atomic mass is 28.4. The Bertz CT molecular complexity index is 150. The van der Waals surface area contributed by atoms with Crippen LogP contribution >= 0.6 is 0 Å². The lowest BCUT2D eigenvalue weighted by Gasteiger charge is -2.32. The minimum absolute atomic E-state index is 0.0809. The number of aliphatic hydroxyl groups is 1. The highest BCUT2D eigenvalue weighted by molar-refractivity contribution is 6.72. The summed E-state index contributed by atoms with van der Waals surface area (Å²) < 4.78 is 11.3. The summed E-state index contributed by atoms with van der Waals surface area (Å²) in [7, 11) is -1.79. The van der Waals surface area contributed by atoms with Crippen molar-refractivity contribution in [1.82, 2.24) is 0 Å². The van der Waals surface area contributed by atoms with E-state index in [9.17, 15) is 5.11 Å². The number of rotatable bonds is 7. The molecule has 0 aliphatic rings. The monoisotopic (exact) mass is 220 g/mol. The smallest absolute Gasteiger partial charge is 0.215 e. The third-order valence-corrected chi connectivity index (χ3v) is 5.46. The fourth-order valence-electron chi connectivity index (χ4n) is 1.50. The molecule has 0 bridgehead atoms. The zero-order chi connectivity index (χ0) is 11.2. The Balaban J connectivity index is 4.23. The first kappa shape index (κ1) is 14.1. The van der Waals surface area contributed by atoms with Crippen LogP contribution in [-0.4, -0.2) is 32.0 Å². The molecule has 0 radical (unpaired) electrons.